The Morgan fingerprint density at radius 3 is 2.62 bits per heavy atom. The number of rotatable bonds is 5. The van der Waals surface area contributed by atoms with Gasteiger partial charge in [-0.15, -0.1) is 0 Å². The van der Waals surface area contributed by atoms with E-state index in [-0.39, 0.29) is 36.1 Å². The van der Waals surface area contributed by atoms with E-state index >= 15 is 0 Å². The van der Waals surface area contributed by atoms with Crippen LogP contribution in [0.1, 0.15) is 43.0 Å². The second-order valence-electron chi connectivity index (χ2n) is 6.59. The minimum Gasteiger partial charge on any atom is -0.469 e. The van der Waals surface area contributed by atoms with E-state index in [1.165, 1.54) is 14.2 Å². The van der Waals surface area contributed by atoms with Crippen LogP contribution in [0.4, 0.5) is 0 Å². The van der Waals surface area contributed by atoms with Gasteiger partial charge < -0.3 is 9.47 Å². The summed E-state index contributed by atoms with van der Waals surface area (Å²) in [6.07, 6.45) is 5.41. The summed E-state index contributed by atoms with van der Waals surface area (Å²) in [7, 11) is 2.70. The van der Waals surface area contributed by atoms with Gasteiger partial charge in [-0.1, -0.05) is 0 Å². The van der Waals surface area contributed by atoms with Crippen LogP contribution in [0.5, 0.6) is 0 Å². The summed E-state index contributed by atoms with van der Waals surface area (Å²) in [6.45, 7) is 0. The summed E-state index contributed by atoms with van der Waals surface area (Å²) < 4.78 is 11.2. The number of fused-ring (bicyclic) bond motifs is 1. The summed E-state index contributed by atoms with van der Waals surface area (Å²) >= 11 is 0. The van der Waals surface area contributed by atoms with Gasteiger partial charge in [-0.25, -0.2) is 0 Å². The molecule has 1 aromatic heterocycles. The quantitative estimate of drug-likeness (QED) is 0.595. The molecule has 0 aliphatic heterocycles. The van der Waals surface area contributed by atoms with Crippen molar-refractivity contribution in [3.05, 3.63) is 17.5 Å². The summed E-state index contributed by atoms with van der Waals surface area (Å²) in [5, 5.41) is 4.62. The molecular formula is C17H22N2O5. The molecule has 1 saturated carbocycles. The van der Waals surface area contributed by atoms with Crippen molar-refractivity contribution < 1.29 is 23.9 Å². The fraction of sp³-hybridized carbons (Fsp3) is 0.647. The van der Waals surface area contributed by atoms with Crippen molar-refractivity contribution in [3.8, 4) is 0 Å². The molecule has 7 nitrogen and oxygen atoms in total. The number of carbonyl (C=O) groups is 3. The molecule has 0 bridgehead atoms. The second-order valence-corrected chi connectivity index (χ2v) is 6.59. The predicted molar refractivity (Wildman–Crippen MR) is 83.2 cm³/mol. The van der Waals surface area contributed by atoms with Gasteiger partial charge in [0.2, 0.25) is 0 Å². The second kappa shape index (κ2) is 6.75. The lowest BCUT2D eigenvalue weighted by Crippen LogP contribution is -2.33. The molecule has 2 aliphatic carbocycles. The zero-order chi connectivity index (χ0) is 17.3. The number of esters is 2. The number of aromatic nitrogens is 2. The Balaban J connectivity index is 1.60. The highest BCUT2D eigenvalue weighted by atomic mass is 16.5. The van der Waals surface area contributed by atoms with E-state index in [0.29, 0.717) is 6.42 Å². The standard InChI is InChI=1S/C17H22N2O5/c1-23-16(21)8-15(20)10-3-4-14-12(5-10)9-19(18-14)13-6-11(7-13)17(22)24-2/h9-11,13H,3-8H2,1-2H3. The Morgan fingerprint density at radius 1 is 1.21 bits per heavy atom. The predicted octanol–water partition coefficient (Wildman–Crippen LogP) is 1.24. The van der Waals surface area contributed by atoms with Crippen LogP contribution in [-0.2, 0) is 36.7 Å². The molecule has 3 rings (SSSR count). The van der Waals surface area contributed by atoms with Crippen molar-refractivity contribution in [2.75, 3.05) is 14.2 Å². The molecule has 0 radical (unpaired) electrons. The van der Waals surface area contributed by atoms with Gasteiger partial charge in [-0.05, 0) is 37.7 Å². The van der Waals surface area contributed by atoms with E-state index in [9.17, 15) is 14.4 Å². The highest BCUT2D eigenvalue weighted by Crippen LogP contribution is 2.39. The van der Waals surface area contributed by atoms with Gasteiger partial charge in [0.1, 0.15) is 12.2 Å². The summed E-state index contributed by atoms with van der Waals surface area (Å²) in [5.41, 5.74) is 2.10. The highest BCUT2D eigenvalue weighted by Gasteiger charge is 2.38. The van der Waals surface area contributed by atoms with Gasteiger partial charge in [0, 0.05) is 12.1 Å². The molecule has 0 spiro atoms. The highest BCUT2D eigenvalue weighted by molar-refractivity contribution is 5.97. The van der Waals surface area contributed by atoms with E-state index in [1.807, 2.05) is 10.9 Å². The first-order chi connectivity index (χ1) is 11.5. The number of methoxy groups -OCH3 is 2. The van der Waals surface area contributed by atoms with Crippen LogP contribution in [0, 0.1) is 11.8 Å². The number of aryl methyl sites for hydroxylation is 1. The van der Waals surface area contributed by atoms with Crippen LogP contribution in [0.3, 0.4) is 0 Å². The van der Waals surface area contributed by atoms with Gasteiger partial charge in [0.15, 0.2) is 0 Å². The zero-order valence-corrected chi connectivity index (χ0v) is 14.0. The lowest BCUT2D eigenvalue weighted by molar-refractivity contribution is -0.150. The normalized spacial score (nSPS) is 25.3. The van der Waals surface area contributed by atoms with E-state index < -0.39 is 5.97 Å². The topological polar surface area (TPSA) is 87.5 Å². The molecule has 7 heteroatoms. The number of nitrogens with zero attached hydrogens (tertiary/aromatic N) is 2. The molecule has 0 aromatic carbocycles. The Morgan fingerprint density at radius 2 is 1.96 bits per heavy atom. The molecule has 1 heterocycles. The van der Waals surface area contributed by atoms with Gasteiger partial charge >= 0.3 is 11.9 Å². The third-order valence-electron chi connectivity index (χ3n) is 5.11. The van der Waals surface area contributed by atoms with Crippen molar-refractivity contribution in [2.45, 2.75) is 44.6 Å². The number of ether oxygens (including phenoxy) is 2. The number of carbonyl (C=O) groups excluding carboxylic acids is 3. The van der Waals surface area contributed by atoms with E-state index in [0.717, 1.165) is 36.9 Å². The van der Waals surface area contributed by atoms with Crippen LogP contribution in [0.15, 0.2) is 6.20 Å². The fourth-order valence-electron chi connectivity index (χ4n) is 3.51. The lowest BCUT2D eigenvalue weighted by atomic mass is 9.80. The van der Waals surface area contributed by atoms with Gasteiger partial charge in [0.05, 0.1) is 31.9 Å². The number of hydrogen-bond donors (Lipinski definition) is 0. The van der Waals surface area contributed by atoms with Crippen LogP contribution in [0.2, 0.25) is 0 Å². The van der Waals surface area contributed by atoms with Crippen molar-refractivity contribution in [1.29, 1.82) is 0 Å². The lowest BCUT2D eigenvalue weighted by Gasteiger charge is -2.33. The van der Waals surface area contributed by atoms with Crippen molar-refractivity contribution in [1.82, 2.24) is 9.78 Å². The molecule has 0 N–H and O–H groups in total. The maximum absolute atomic E-state index is 12.2. The fourth-order valence-corrected chi connectivity index (χ4v) is 3.51. The average Bonchev–Trinajstić information content (AvgIpc) is 2.95. The molecule has 0 amide bonds. The average molecular weight is 334 g/mol. The molecule has 24 heavy (non-hydrogen) atoms. The minimum atomic E-state index is -0.482. The van der Waals surface area contributed by atoms with E-state index in [4.69, 9.17) is 4.74 Å². The Bertz CT molecular complexity index is 660. The molecule has 130 valence electrons. The first kappa shape index (κ1) is 16.7. The van der Waals surface area contributed by atoms with Crippen LogP contribution in [0.25, 0.3) is 0 Å². The molecule has 1 aromatic rings. The zero-order valence-electron chi connectivity index (χ0n) is 14.0. The van der Waals surface area contributed by atoms with Crippen molar-refractivity contribution in [3.63, 3.8) is 0 Å². The first-order valence-corrected chi connectivity index (χ1v) is 8.26. The Kier molecular flexibility index (Phi) is 4.69. The van der Waals surface area contributed by atoms with Crippen LogP contribution >= 0.6 is 0 Å². The van der Waals surface area contributed by atoms with Crippen molar-refractivity contribution in [2.24, 2.45) is 11.8 Å². The molecule has 0 saturated heterocycles. The van der Waals surface area contributed by atoms with Gasteiger partial charge in [-0.3, -0.25) is 19.1 Å². The van der Waals surface area contributed by atoms with Gasteiger partial charge in [0.25, 0.3) is 0 Å². The van der Waals surface area contributed by atoms with E-state index in [2.05, 4.69) is 9.84 Å². The van der Waals surface area contributed by atoms with Gasteiger partial charge in [-0.2, -0.15) is 5.10 Å². The molecule has 1 fully saturated rings. The maximum atomic E-state index is 12.2. The monoisotopic (exact) mass is 334 g/mol. The first-order valence-electron chi connectivity index (χ1n) is 8.26. The third kappa shape index (κ3) is 3.20. The van der Waals surface area contributed by atoms with Crippen LogP contribution in [-0.4, -0.2) is 41.7 Å². The molecule has 2 aliphatic rings. The number of Topliss-reactive ketones (excluding diaryl/α,β-unsaturated/α-hetero) is 1. The largest absolute Gasteiger partial charge is 0.469 e. The Hall–Kier alpha value is -2.18. The Labute approximate surface area is 140 Å². The third-order valence-corrected chi connectivity index (χ3v) is 5.11. The molecule has 1 atom stereocenters. The minimum absolute atomic E-state index is 0.0318. The molecular weight excluding hydrogens is 312 g/mol. The smallest absolute Gasteiger partial charge is 0.313 e. The maximum Gasteiger partial charge on any atom is 0.313 e. The summed E-state index contributed by atoms with van der Waals surface area (Å²) in [6, 6.07) is 0.226. The molecule has 1 unspecified atom stereocenters. The summed E-state index contributed by atoms with van der Waals surface area (Å²) in [5.74, 6) is -0.870. The summed E-state index contributed by atoms with van der Waals surface area (Å²) in [4.78, 5) is 34.9. The number of ketones is 1. The SMILES string of the molecule is COC(=O)CC(=O)C1CCc2nn(C3CC(C(=O)OC)C3)cc2C1. The number of hydrogen-bond acceptors (Lipinski definition) is 6. The van der Waals surface area contributed by atoms with Crippen LogP contribution < -0.4 is 0 Å². The van der Waals surface area contributed by atoms with E-state index in [1.54, 1.807) is 0 Å². The van der Waals surface area contributed by atoms with Crippen molar-refractivity contribution >= 4 is 17.7 Å².